The molecule has 0 aliphatic heterocycles. The van der Waals surface area contributed by atoms with Crippen LogP contribution in [-0.2, 0) is 16.5 Å². The van der Waals surface area contributed by atoms with Crippen LogP contribution in [0, 0.1) is 6.92 Å². The second kappa shape index (κ2) is 10.8. The van der Waals surface area contributed by atoms with Crippen molar-refractivity contribution in [2.24, 2.45) is 0 Å². The molecule has 0 unspecified atom stereocenters. The van der Waals surface area contributed by atoms with E-state index in [1.54, 1.807) is 6.07 Å². The highest BCUT2D eigenvalue weighted by Gasteiger charge is 2.16. The van der Waals surface area contributed by atoms with Crippen LogP contribution in [0.5, 0.6) is 0 Å². The number of nitrogens with zero attached hydrogens (tertiary/aromatic N) is 1. The van der Waals surface area contributed by atoms with E-state index < -0.39 is 10.1 Å². The fraction of sp³-hybridized carbons (Fsp3) is 0.667. The number of rotatable bonds is 12. The Hall–Kier alpha value is -0.210. The molecule has 0 saturated carbocycles. The Morgan fingerprint density at radius 3 is 2.20 bits per heavy atom. The van der Waals surface area contributed by atoms with Crippen LogP contribution in [0.4, 0.5) is 0 Å². The Labute approximate surface area is 162 Å². The average molecular weight is 407 g/mol. The zero-order valence-electron chi connectivity index (χ0n) is 15.8. The molecule has 4 nitrogen and oxygen atoms in total. The third kappa shape index (κ3) is 8.35. The second-order valence-corrected chi connectivity index (χ2v) is 10.4. The summed E-state index contributed by atoms with van der Waals surface area (Å²) in [4.78, 5) is 0.0456. The molecule has 144 valence electrons. The van der Waals surface area contributed by atoms with E-state index in [0.717, 1.165) is 27.3 Å². The molecule has 0 fully saturated rings. The number of hydrogen-bond donors (Lipinski definition) is 1. The van der Waals surface area contributed by atoms with Crippen molar-refractivity contribution in [3.63, 3.8) is 0 Å². The topological polar surface area (TPSA) is 54.4 Å². The van der Waals surface area contributed by atoms with Crippen LogP contribution in [0.25, 0.3) is 0 Å². The third-order valence-corrected chi connectivity index (χ3v) is 7.85. The fourth-order valence-electron chi connectivity index (χ4n) is 2.48. The van der Waals surface area contributed by atoms with Crippen LogP contribution < -0.4 is 0 Å². The van der Waals surface area contributed by atoms with Gasteiger partial charge in [-0.25, -0.2) is 0 Å². The largest absolute Gasteiger partial charge is 0.326 e. The van der Waals surface area contributed by atoms with Gasteiger partial charge in [-0.1, -0.05) is 17.7 Å². The van der Waals surface area contributed by atoms with Crippen LogP contribution in [0.1, 0.15) is 25.0 Å². The van der Waals surface area contributed by atoms with Crippen LogP contribution in [0.2, 0.25) is 0 Å². The Morgan fingerprint density at radius 2 is 1.64 bits per heavy atom. The van der Waals surface area contributed by atoms with Crippen molar-refractivity contribution in [1.82, 2.24) is 0 Å². The summed E-state index contributed by atoms with van der Waals surface area (Å²) in [5.74, 6) is 4.24. The lowest BCUT2D eigenvalue weighted by Crippen LogP contribution is -2.45. The predicted molar refractivity (Wildman–Crippen MR) is 111 cm³/mol. The molecule has 0 aliphatic rings. The van der Waals surface area contributed by atoms with Crippen LogP contribution in [0.3, 0.4) is 0 Å². The molecule has 0 aromatic heterocycles. The van der Waals surface area contributed by atoms with Gasteiger partial charge < -0.3 is 4.48 Å². The van der Waals surface area contributed by atoms with Crippen molar-refractivity contribution in [2.75, 3.05) is 49.7 Å². The maximum atomic E-state index is 11.4. The maximum absolute atomic E-state index is 11.4. The lowest BCUT2D eigenvalue weighted by molar-refractivity contribution is -0.903. The van der Waals surface area contributed by atoms with E-state index in [-0.39, 0.29) is 4.90 Å². The van der Waals surface area contributed by atoms with Crippen molar-refractivity contribution in [1.29, 1.82) is 0 Å². The van der Waals surface area contributed by atoms with Crippen molar-refractivity contribution in [3.05, 3.63) is 29.3 Å². The molecule has 1 aromatic rings. The number of hydrogen-bond acceptors (Lipinski definition) is 4. The highest BCUT2D eigenvalue weighted by atomic mass is 32.2. The van der Waals surface area contributed by atoms with Crippen molar-refractivity contribution < 1.29 is 17.5 Å². The second-order valence-electron chi connectivity index (χ2n) is 6.54. The average Bonchev–Trinajstić information content (AvgIpc) is 2.56. The van der Waals surface area contributed by atoms with Gasteiger partial charge in [-0.2, -0.15) is 31.9 Å². The normalized spacial score (nSPS) is 12.5. The fourth-order valence-corrected chi connectivity index (χ4v) is 5.50. The lowest BCUT2D eigenvalue weighted by Gasteiger charge is -2.31. The SMILES string of the molecule is CC[N+](C)(CC)CCSCCSCCc1cc(C)ccc1S(=O)(=O)O. The van der Waals surface area contributed by atoms with Gasteiger partial charge >= 0.3 is 0 Å². The number of quaternary nitrogens is 1. The first-order valence-electron chi connectivity index (χ1n) is 8.78. The van der Waals surface area contributed by atoms with Gasteiger partial charge in [-0.3, -0.25) is 4.55 Å². The molecular formula is C18H32NO3S3+. The summed E-state index contributed by atoms with van der Waals surface area (Å²) in [5, 5.41) is 0. The van der Waals surface area contributed by atoms with E-state index in [4.69, 9.17) is 0 Å². The highest BCUT2D eigenvalue weighted by Crippen LogP contribution is 2.20. The van der Waals surface area contributed by atoms with Gasteiger partial charge in [-0.15, -0.1) is 0 Å². The van der Waals surface area contributed by atoms with Gasteiger partial charge in [0.2, 0.25) is 0 Å². The van der Waals surface area contributed by atoms with Gasteiger partial charge in [0.15, 0.2) is 0 Å². The lowest BCUT2D eigenvalue weighted by atomic mass is 10.1. The zero-order valence-corrected chi connectivity index (χ0v) is 18.3. The highest BCUT2D eigenvalue weighted by molar-refractivity contribution is 8.02. The summed E-state index contributed by atoms with van der Waals surface area (Å²) in [7, 11) is -1.83. The molecule has 0 atom stereocenters. The third-order valence-electron chi connectivity index (χ3n) is 4.68. The predicted octanol–water partition coefficient (Wildman–Crippen LogP) is 3.74. The van der Waals surface area contributed by atoms with Gasteiger partial charge in [-0.05, 0) is 44.6 Å². The van der Waals surface area contributed by atoms with E-state index in [2.05, 4.69) is 20.9 Å². The standard InChI is InChI=1S/C18H31NO3S3/c1-5-19(4,6-2)10-12-24-14-13-23-11-9-17-15-16(3)7-8-18(17)25(20,21)22/h7-8,15H,5-6,9-14H2,1-4H3/p+1. The molecule has 25 heavy (non-hydrogen) atoms. The zero-order chi connectivity index (χ0) is 18.9. The molecular weight excluding hydrogens is 374 g/mol. The molecule has 7 heteroatoms. The summed E-state index contributed by atoms with van der Waals surface area (Å²) < 4.78 is 33.4. The van der Waals surface area contributed by atoms with E-state index in [9.17, 15) is 13.0 Å². The molecule has 0 saturated heterocycles. The molecule has 0 heterocycles. The first-order chi connectivity index (χ1) is 11.7. The molecule has 0 radical (unpaired) electrons. The van der Waals surface area contributed by atoms with Crippen molar-refractivity contribution in [2.45, 2.75) is 32.1 Å². The smallest absolute Gasteiger partial charge is 0.294 e. The first kappa shape index (κ1) is 22.8. The minimum absolute atomic E-state index is 0.0456. The number of aryl methyl sites for hydroxylation is 2. The minimum Gasteiger partial charge on any atom is -0.326 e. The monoisotopic (exact) mass is 406 g/mol. The van der Waals surface area contributed by atoms with Crippen LogP contribution in [0.15, 0.2) is 23.1 Å². The Kier molecular flexibility index (Phi) is 9.88. The summed E-state index contributed by atoms with van der Waals surface area (Å²) in [6.07, 6.45) is 0.659. The van der Waals surface area contributed by atoms with Crippen LogP contribution in [-0.4, -0.2) is 67.1 Å². The molecule has 1 rings (SSSR count). The first-order valence-corrected chi connectivity index (χ1v) is 12.5. The summed E-state index contributed by atoms with van der Waals surface area (Å²) >= 11 is 3.83. The minimum atomic E-state index is -4.14. The van der Waals surface area contributed by atoms with E-state index in [1.165, 1.54) is 31.5 Å². The number of thioether (sulfide) groups is 2. The van der Waals surface area contributed by atoms with Crippen molar-refractivity contribution >= 4 is 33.6 Å². The van der Waals surface area contributed by atoms with E-state index in [1.807, 2.05) is 36.5 Å². The van der Waals surface area contributed by atoms with Gasteiger partial charge in [0.1, 0.15) is 0 Å². The summed E-state index contributed by atoms with van der Waals surface area (Å²) in [6, 6.07) is 5.07. The number of benzene rings is 1. The Balaban J connectivity index is 2.30. The molecule has 1 aromatic carbocycles. The van der Waals surface area contributed by atoms with Gasteiger partial charge in [0, 0.05) is 17.3 Å². The molecule has 0 bridgehead atoms. The molecule has 0 spiro atoms. The molecule has 0 aliphatic carbocycles. The summed E-state index contributed by atoms with van der Waals surface area (Å²) in [6.45, 7) is 9.99. The Bertz CT molecular complexity index is 628. The van der Waals surface area contributed by atoms with Crippen LogP contribution >= 0.6 is 23.5 Å². The van der Waals surface area contributed by atoms with E-state index >= 15 is 0 Å². The van der Waals surface area contributed by atoms with Gasteiger partial charge in [0.05, 0.1) is 31.6 Å². The van der Waals surface area contributed by atoms with E-state index in [0.29, 0.717) is 12.0 Å². The molecule has 1 N–H and O–H groups in total. The summed E-state index contributed by atoms with van der Waals surface area (Å²) in [5.41, 5.74) is 1.72. The maximum Gasteiger partial charge on any atom is 0.294 e. The Morgan fingerprint density at radius 1 is 1.04 bits per heavy atom. The van der Waals surface area contributed by atoms with Crippen molar-refractivity contribution in [3.8, 4) is 0 Å². The molecule has 0 amide bonds. The quantitative estimate of drug-likeness (QED) is 0.326. The van der Waals surface area contributed by atoms with Gasteiger partial charge in [0.25, 0.3) is 10.1 Å².